The van der Waals surface area contributed by atoms with E-state index in [0.717, 1.165) is 3.93 Å². The third-order valence-electron chi connectivity index (χ3n) is 0.527. The Morgan fingerprint density at radius 2 is 2.50 bits per heavy atom. The van der Waals surface area contributed by atoms with E-state index >= 15 is 0 Å². The van der Waals surface area contributed by atoms with Crippen LogP contribution in [0.2, 0.25) is 3.93 Å². The first kappa shape index (κ1) is 7.63. The minimum atomic E-state index is -0.492. The van der Waals surface area contributed by atoms with E-state index in [-0.39, 0.29) is 6.10 Å². The Balaban J connectivity index is 2.63. The second-order valence-corrected chi connectivity index (χ2v) is 14.5. The number of rotatable bonds is 2. The van der Waals surface area contributed by atoms with Crippen molar-refractivity contribution in [3.8, 4) is 0 Å². The van der Waals surface area contributed by atoms with Crippen LogP contribution in [0, 0.1) is 0 Å². The molecule has 0 bridgehead atoms. The second-order valence-electron chi connectivity index (χ2n) is 1.33. The van der Waals surface area contributed by atoms with E-state index in [1.807, 2.05) is 6.92 Å². The van der Waals surface area contributed by atoms with Crippen molar-refractivity contribution in [1.29, 1.82) is 0 Å². The van der Waals surface area contributed by atoms with Gasteiger partial charge in [-0.05, 0) is 0 Å². The van der Waals surface area contributed by atoms with Gasteiger partial charge in [-0.15, -0.1) is 0 Å². The Hall–Kier alpha value is 1.63. The van der Waals surface area contributed by atoms with E-state index in [0.29, 0.717) is 0 Å². The fourth-order valence-electron chi connectivity index (χ4n) is 0.158. The summed E-state index contributed by atoms with van der Waals surface area (Å²) < 4.78 is 1.14. The third kappa shape index (κ3) is 5.63. The molecule has 0 aromatic rings. The molecule has 3 heteroatoms. The van der Waals surface area contributed by atoms with Crippen molar-refractivity contribution in [2.75, 3.05) is 0 Å². The maximum atomic E-state index is 8.60. The Labute approximate surface area is 59.3 Å². The number of hydrogen-bond acceptors (Lipinski definition) is 1. The number of halogens is 1. The quantitative estimate of drug-likeness (QED) is 0.559. The third-order valence-corrected chi connectivity index (χ3v) is 10.1. The van der Waals surface area contributed by atoms with E-state index in [4.69, 9.17) is 5.11 Å². The summed E-state index contributed by atoms with van der Waals surface area (Å²) in [6.45, 7) is 1.86. The van der Waals surface area contributed by atoms with E-state index in [9.17, 15) is 0 Å². The molecular weight excluding hydrogens is 380 g/mol. The fraction of sp³-hybridized carbons (Fsp3) is 1.00. The van der Waals surface area contributed by atoms with Crippen molar-refractivity contribution < 1.29 is 25.4 Å². The van der Waals surface area contributed by atoms with Gasteiger partial charge in [-0.1, -0.05) is 0 Å². The summed E-state index contributed by atoms with van der Waals surface area (Å²) in [5.41, 5.74) is 0. The molecule has 0 amide bonds. The van der Waals surface area contributed by atoms with Crippen molar-refractivity contribution in [1.82, 2.24) is 0 Å². The van der Waals surface area contributed by atoms with Crippen LogP contribution in [0.3, 0.4) is 0 Å². The maximum absolute atomic E-state index is 8.60. The molecule has 0 rings (SSSR count). The van der Waals surface area contributed by atoms with Crippen LogP contribution in [0.4, 0.5) is 0 Å². The van der Waals surface area contributed by atoms with Crippen LogP contribution in [0.25, 0.3) is 0 Å². The van der Waals surface area contributed by atoms with Crippen molar-refractivity contribution in [3.63, 3.8) is 0 Å². The predicted molar refractivity (Wildman–Crippen MR) is 30.5 cm³/mol. The number of aliphatic hydroxyl groups is 1. The topological polar surface area (TPSA) is 20.2 Å². The molecule has 1 N–H and O–H groups in total. The first-order valence-corrected chi connectivity index (χ1v) is 21.4. The Morgan fingerprint density at radius 1 is 2.00 bits per heavy atom. The van der Waals surface area contributed by atoms with Crippen molar-refractivity contribution in [2.45, 2.75) is 17.0 Å². The standard InChI is InChI=1S/C3H7O.Hg.HI/c1-3(2)4;;/h3-4H,1H2,2H3;;1H/q;+1;/p-1. The van der Waals surface area contributed by atoms with Crippen molar-refractivity contribution in [3.05, 3.63) is 0 Å². The molecule has 0 fully saturated rings. The van der Waals surface area contributed by atoms with Crippen LogP contribution in [-0.2, 0) is 20.2 Å². The summed E-state index contributed by atoms with van der Waals surface area (Å²) in [4.78, 5) is 0. The molecule has 0 aliphatic carbocycles. The molecular formula is C3H7HgIO. The molecule has 0 aromatic heterocycles. The van der Waals surface area contributed by atoms with Gasteiger partial charge < -0.3 is 0 Å². The molecule has 0 heterocycles. The molecule has 1 atom stereocenters. The SMILES string of the molecule is CC(O)[CH2][Hg][I]. The van der Waals surface area contributed by atoms with E-state index in [2.05, 4.69) is 17.7 Å². The van der Waals surface area contributed by atoms with Gasteiger partial charge in [0.25, 0.3) is 0 Å². The van der Waals surface area contributed by atoms with Gasteiger partial charge in [0.1, 0.15) is 0 Å². The van der Waals surface area contributed by atoms with Crippen LogP contribution >= 0.6 is 17.7 Å². The first-order chi connectivity index (χ1) is 2.77. The molecule has 0 aliphatic rings. The van der Waals surface area contributed by atoms with E-state index < -0.39 is 20.2 Å². The second kappa shape index (κ2) is 4.78. The van der Waals surface area contributed by atoms with Crippen molar-refractivity contribution in [2.24, 2.45) is 0 Å². The summed E-state index contributed by atoms with van der Waals surface area (Å²) >= 11 is 1.97. The van der Waals surface area contributed by atoms with Gasteiger partial charge in [0, 0.05) is 0 Å². The molecule has 0 spiro atoms. The van der Waals surface area contributed by atoms with Crippen LogP contribution < -0.4 is 0 Å². The zero-order valence-corrected chi connectivity index (χ0v) is 11.5. The Bertz CT molecular complexity index is 32.0. The average molecular weight is 387 g/mol. The van der Waals surface area contributed by atoms with E-state index in [1.165, 1.54) is 0 Å². The molecule has 0 aromatic carbocycles. The molecule has 6 heavy (non-hydrogen) atoms. The van der Waals surface area contributed by atoms with Crippen molar-refractivity contribution >= 4 is 17.7 Å². The van der Waals surface area contributed by atoms with Gasteiger partial charge >= 0.3 is 60.0 Å². The summed E-state index contributed by atoms with van der Waals surface area (Å²) in [5.74, 6) is 0. The van der Waals surface area contributed by atoms with Gasteiger partial charge in [-0.25, -0.2) is 0 Å². The van der Waals surface area contributed by atoms with Gasteiger partial charge in [-0.2, -0.15) is 0 Å². The summed E-state index contributed by atoms with van der Waals surface area (Å²) in [6.07, 6.45) is -0.0106. The van der Waals surface area contributed by atoms with Gasteiger partial charge in [0.15, 0.2) is 0 Å². The normalized spacial score (nSPS) is 13.2. The van der Waals surface area contributed by atoms with Gasteiger partial charge in [0.05, 0.1) is 0 Å². The Morgan fingerprint density at radius 3 is 2.50 bits per heavy atom. The van der Waals surface area contributed by atoms with Gasteiger partial charge in [0.2, 0.25) is 0 Å². The zero-order chi connectivity index (χ0) is 4.99. The molecule has 0 aliphatic heterocycles. The Kier molecular flexibility index (Phi) is 6.07. The minimum absolute atomic E-state index is 0.0106. The zero-order valence-electron chi connectivity index (χ0n) is 3.82. The molecule has 34 valence electrons. The first-order valence-electron chi connectivity index (χ1n) is 2.01. The molecule has 1 unspecified atom stereocenters. The van der Waals surface area contributed by atoms with Crippen LogP contribution in [0.5, 0.6) is 0 Å². The number of aliphatic hydroxyl groups excluding tert-OH is 1. The molecule has 0 saturated heterocycles. The van der Waals surface area contributed by atoms with Crippen LogP contribution in [0.15, 0.2) is 0 Å². The molecule has 1 nitrogen and oxygen atoms in total. The van der Waals surface area contributed by atoms with Crippen LogP contribution in [0.1, 0.15) is 6.92 Å². The average Bonchev–Trinajstić information content (AvgIpc) is 1.35. The summed E-state index contributed by atoms with van der Waals surface area (Å²) in [7, 11) is 0. The predicted octanol–water partition coefficient (Wildman–Crippen LogP) is 1.22. The van der Waals surface area contributed by atoms with E-state index in [1.54, 1.807) is 0 Å². The van der Waals surface area contributed by atoms with Gasteiger partial charge in [-0.3, -0.25) is 0 Å². The number of hydrogen-bond donors (Lipinski definition) is 1. The van der Waals surface area contributed by atoms with Crippen LogP contribution in [-0.4, -0.2) is 11.2 Å². The fourth-order valence-corrected chi connectivity index (χ4v) is 9.29. The molecule has 0 saturated carbocycles. The molecule has 0 radical (unpaired) electrons. The monoisotopic (exact) mass is 388 g/mol. The summed E-state index contributed by atoms with van der Waals surface area (Å²) in [6, 6.07) is 0. The summed E-state index contributed by atoms with van der Waals surface area (Å²) in [5, 5.41) is 8.60.